The predicted molar refractivity (Wildman–Crippen MR) is 61.6 cm³/mol. The van der Waals surface area contributed by atoms with Crippen molar-refractivity contribution in [3.8, 4) is 0 Å². The minimum absolute atomic E-state index is 0.105. The van der Waals surface area contributed by atoms with Gasteiger partial charge in [0.2, 0.25) is 0 Å². The van der Waals surface area contributed by atoms with Crippen LogP contribution in [0, 0.1) is 5.41 Å². The van der Waals surface area contributed by atoms with Crippen LogP contribution in [-0.4, -0.2) is 31.5 Å². The molecule has 0 bridgehead atoms. The average Bonchev–Trinajstić information content (AvgIpc) is 2.05. The van der Waals surface area contributed by atoms with Gasteiger partial charge in [0, 0.05) is 12.1 Å². The summed E-state index contributed by atoms with van der Waals surface area (Å²) in [7, 11) is -2.87. The first-order valence-electron chi connectivity index (χ1n) is 5.80. The van der Waals surface area contributed by atoms with Crippen LogP contribution in [0.25, 0.3) is 0 Å². The second kappa shape index (κ2) is 3.45. The molecule has 88 valence electrons. The quantitative estimate of drug-likeness (QED) is 0.684. The standard InChI is InChI=1S/C11H21NO2S/c1-8-7-15(13,14)9-5-4-6-11(2,3)10(9)12-8/h8-10,12H,4-7H2,1-3H3. The van der Waals surface area contributed by atoms with E-state index in [1.165, 1.54) is 0 Å². The third-order valence-corrected chi connectivity index (χ3v) is 6.33. The Kier molecular flexibility index (Phi) is 2.62. The molecule has 1 N–H and O–H groups in total. The van der Waals surface area contributed by atoms with Crippen molar-refractivity contribution in [2.24, 2.45) is 5.41 Å². The summed E-state index contributed by atoms with van der Waals surface area (Å²) in [4.78, 5) is 0. The number of nitrogens with one attached hydrogen (secondary N) is 1. The van der Waals surface area contributed by atoms with Gasteiger partial charge in [0.1, 0.15) is 0 Å². The number of rotatable bonds is 0. The molecule has 3 unspecified atom stereocenters. The highest BCUT2D eigenvalue weighted by atomic mass is 32.2. The van der Waals surface area contributed by atoms with Crippen molar-refractivity contribution in [2.45, 2.75) is 57.4 Å². The highest BCUT2D eigenvalue weighted by Crippen LogP contribution is 2.40. The van der Waals surface area contributed by atoms with Crippen LogP contribution in [0.2, 0.25) is 0 Å². The lowest BCUT2D eigenvalue weighted by Crippen LogP contribution is -2.63. The first kappa shape index (κ1) is 11.4. The molecule has 0 aromatic carbocycles. The predicted octanol–water partition coefficient (Wildman–Crippen LogP) is 1.34. The summed E-state index contributed by atoms with van der Waals surface area (Å²) in [6.07, 6.45) is 3.02. The van der Waals surface area contributed by atoms with Gasteiger partial charge in [-0.15, -0.1) is 0 Å². The van der Waals surface area contributed by atoms with Crippen molar-refractivity contribution >= 4 is 9.84 Å². The summed E-state index contributed by atoms with van der Waals surface area (Å²) in [5.41, 5.74) is 0.116. The van der Waals surface area contributed by atoms with Gasteiger partial charge >= 0.3 is 0 Å². The van der Waals surface area contributed by atoms with Gasteiger partial charge in [0.15, 0.2) is 9.84 Å². The molecule has 0 aromatic heterocycles. The third kappa shape index (κ3) is 1.94. The SMILES string of the molecule is CC1CS(=O)(=O)C2CCCC(C)(C)C2N1. The van der Waals surface area contributed by atoms with Crippen LogP contribution in [0.15, 0.2) is 0 Å². The molecule has 2 rings (SSSR count). The normalized spacial score (nSPS) is 43.3. The summed E-state index contributed by atoms with van der Waals surface area (Å²) < 4.78 is 24.1. The molecule has 4 heteroatoms. The van der Waals surface area contributed by atoms with Gasteiger partial charge in [-0.25, -0.2) is 8.42 Å². The molecule has 0 amide bonds. The summed E-state index contributed by atoms with van der Waals surface area (Å²) in [5.74, 6) is 0.310. The summed E-state index contributed by atoms with van der Waals surface area (Å²) in [6, 6.07) is 0.258. The number of hydrogen-bond donors (Lipinski definition) is 1. The van der Waals surface area contributed by atoms with Crippen molar-refractivity contribution in [3.63, 3.8) is 0 Å². The second-order valence-corrected chi connectivity index (χ2v) is 8.06. The molecule has 2 aliphatic rings. The zero-order valence-corrected chi connectivity index (χ0v) is 10.6. The van der Waals surface area contributed by atoms with Crippen LogP contribution in [0.1, 0.15) is 40.0 Å². The third-order valence-electron chi connectivity index (χ3n) is 3.93. The van der Waals surface area contributed by atoms with Gasteiger partial charge in [-0.1, -0.05) is 20.3 Å². The molecule has 3 atom stereocenters. The van der Waals surface area contributed by atoms with Gasteiger partial charge in [-0.3, -0.25) is 0 Å². The summed E-state index contributed by atoms with van der Waals surface area (Å²) in [5, 5.41) is 3.34. The van der Waals surface area contributed by atoms with Crippen molar-refractivity contribution < 1.29 is 8.42 Å². The highest BCUT2D eigenvalue weighted by molar-refractivity contribution is 7.92. The maximum Gasteiger partial charge on any atom is 0.156 e. The monoisotopic (exact) mass is 231 g/mol. The van der Waals surface area contributed by atoms with Crippen molar-refractivity contribution in [2.75, 3.05) is 5.75 Å². The van der Waals surface area contributed by atoms with Crippen LogP contribution in [0.5, 0.6) is 0 Å². The fourth-order valence-electron chi connectivity index (χ4n) is 3.13. The van der Waals surface area contributed by atoms with Crippen LogP contribution in [0.3, 0.4) is 0 Å². The summed E-state index contributed by atoms with van der Waals surface area (Å²) in [6.45, 7) is 6.34. The Morgan fingerprint density at radius 3 is 2.67 bits per heavy atom. The Morgan fingerprint density at radius 1 is 1.33 bits per heavy atom. The molecule has 0 aromatic rings. The van der Waals surface area contributed by atoms with E-state index < -0.39 is 9.84 Å². The molecule has 0 spiro atoms. The average molecular weight is 231 g/mol. The van der Waals surface area contributed by atoms with Crippen molar-refractivity contribution in [3.05, 3.63) is 0 Å². The number of fused-ring (bicyclic) bond motifs is 1. The molecule has 15 heavy (non-hydrogen) atoms. The molecular formula is C11H21NO2S. The van der Waals surface area contributed by atoms with E-state index >= 15 is 0 Å². The second-order valence-electron chi connectivity index (χ2n) is 5.79. The molecule has 1 saturated heterocycles. The van der Waals surface area contributed by atoms with E-state index in [-0.39, 0.29) is 22.7 Å². The van der Waals surface area contributed by atoms with Gasteiger partial charge < -0.3 is 5.32 Å². The van der Waals surface area contributed by atoms with Crippen LogP contribution in [-0.2, 0) is 9.84 Å². The lowest BCUT2D eigenvalue weighted by Gasteiger charge is -2.48. The highest BCUT2D eigenvalue weighted by Gasteiger charge is 2.48. The fourth-order valence-corrected chi connectivity index (χ4v) is 5.56. The Labute approximate surface area is 92.6 Å². The Bertz CT molecular complexity index is 348. The molecule has 1 saturated carbocycles. The lowest BCUT2D eigenvalue weighted by molar-refractivity contribution is 0.155. The Balaban J connectivity index is 2.34. The maximum absolute atomic E-state index is 12.1. The number of sulfone groups is 1. The van der Waals surface area contributed by atoms with Crippen LogP contribution >= 0.6 is 0 Å². The molecule has 0 radical (unpaired) electrons. The first-order chi connectivity index (χ1) is 6.83. The van der Waals surface area contributed by atoms with Crippen LogP contribution in [0.4, 0.5) is 0 Å². The zero-order chi connectivity index (χ0) is 11.3. The summed E-state index contributed by atoms with van der Waals surface area (Å²) >= 11 is 0. The van der Waals surface area contributed by atoms with E-state index in [2.05, 4.69) is 19.2 Å². The Morgan fingerprint density at radius 2 is 2.00 bits per heavy atom. The van der Waals surface area contributed by atoms with E-state index in [0.29, 0.717) is 5.75 Å². The Hall–Kier alpha value is -0.0900. The van der Waals surface area contributed by atoms with Gasteiger partial charge in [0.05, 0.1) is 11.0 Å². The largest absolute Gasteiger partial charge is 0.309 e. The number of hydrogen-bond acceptors (Lipinski definition) is 3. The van der Waals surface area contributed by atoms with E-state index in [1.54, 1.807) is 0 Å². The molecule has 2 fully saturated rings. The van der Waals surface area contributed by atoms with Gasteiger partial charge in [-0.2, -0.15) is 0 Å². The van der Waals surface area contributed by atoms with Crippen LogP contribution < -0.4 is 5.32 Å². The van der Waals surface area contributed by atoms with Gasteiger partial charge in [-0.05, 0) is 25.2 Å². The zero-order valence-electron chi connectivity index (χ0n) is 9.79. The lowest BCUT2D eigenvalue weighted by atomic mass is 9.72. The van der Waals surface area contributed by atoms with E-state index in [0.717, 1.165) is 19.3 Å². The minimum atomic E-state index is -2.87. The smallest absolute Gasteiger partial charge is 0.156 e. The fraction of sp³-hybridized carbons (Fsp3) is 1.00. The van der Waals surface area contributed by atoms with E-state index in [1.807, 2.05) is 6.92 Å². The van der Waals surface area contributed by atoms with E-state index in [4.69, 9.17) is 0 Å². The van der Waals surface area contributed by atoms with Crippen molar-refractivity contribution in [1.29, 1.82) is 0 Å². The van der Waals surface area contributed by atoms with Crippen molar-refractivity contribution in [1.82, 2.24) is 5.32 Å². The molecule has 1 aliphatic carbocycles. The maximum atomic E-state index is 12.1. The van der Waals surface area contributed by atoms with Gasteiger partial charge in [0.25, 0.3) is 0 Å². The molecular weight excluding hydrogens is 210 g/mol. The first-order valence-corrected chi connectivity index (χ1v) is 7.52. The molecule has 1 heterocycles. The van der Waals surface area contributed by atoms with E-state index in [9.17, 15) is 8.42 Å². The molecule has 1 aliphatic heterocycles. The molecule has 3 nitrogen and oxygen atoms in total. The topological polar surface area (TPSA) is 46.2 Å². The minimum Gasteiger partial charge on any atom is -0.309 e.